The van der Waals surface area contributed by atoms with Gasteiger partial charge in [-0.1, -0.05) is 24.3 Å². The average molecular weight is 277 g/mol. The van der Waals surface area contributed by atoms with E-state index < -0.39 is 0 Å². The number of benzene rings is 2. The maximum atomic E-state index is 12.8. The lowest BCUT2D eigenvalue weighted by atomic mass is 10.1. The molecule has 4 rings (SSSR count). The van der Waals surface area contributed by atoms with Crippen molar-refractivity contribution < 1.29 is 4.79 Å². The molecule has 0 spiro atoms. The number of nitrogens with zero attached hydrogens (tertiary/aromatic N) is 3. The molecule has 3 aromatic rings. The van der Waals surface area contributed by atoms with Crippen molar-refractivity contribution in [3.63, 3.8) is 0 Å². The minimum atomic E-state index is 0.0486. The van der Waals surface area contributed by atoms with Crippen molar-refractivity contribution >= 4 is 22.5 Å². The number of anilines is 1. The van der Waals surface area contributed by atoms with Gasteiger partial charge in [-0.25, -0.2) is 0 Å². The van der Waals surface area contributed by atoms with Crippen molar-refractivity contribution in [1.29, 1.82) is 0 Å². The number of para-hydroxylation sites is 1. The van der Waals surface area contributed by atoms with Crippen molar-refractivity contribution in [2.24, 2.45) is 7.05 Å². The number of carbonyl (C=O) groups excluding carboxylic acids is 1. The molecule has 0 atom stereocenters. The number of amides is 1. The molecular formula is C17H15N3O. The van der Waals surface area contributed by atoms with E-state index in [0.29, 0.717) is 5.56 Å². The fourth-order valence-electron chi connectivity index (χ4n) is 2.98. The van der Waals surface area contributed by atoms with E-state index >= 15 is 0 Å². The summed E-state index contributed by atoms with van der Waals surface area (Å²) in [6, 6.07) is 13.8. The van der Waals surface area contributed by atoms with Gasteiger partial charge in [0.25, 0.3) is 5.91 Å². The molecule has 104 valence electrons. The SMILES string of the molecule is Cn1cc2ccc(C(=O)N3CCc4ccccc43)cc2n1. The molecule has 0 saturated carbocycles. The molecule has 1 aromatic heterocycles. The standard InChI is InChI=1S/C17H15N3O/c1-19-11-14-7-6-13(10-15(14)18-19)17(21)20-9-8-12-4-2-3-5-16(12)20/h2-7,10-11H,8-9H2,1H3. The first-order valence-electron chi connectivity index (χ1n) is 7.05. The molecule has 2 heterocycles. The van der Waals surface area contributed by atoms with Gasteiger partial charge >= 0.3 is 0 Å². The van der Waals surface area contributed by atoms with Gasteiger partial charge in [0.15, 0.2) is 0 Å². The summed E-state index contributed by atoms with van der Waals surface area (Å²) in [5.41, 5.74) is 3.82. The van der Waals surface area contributed by atoms with E-state index in [1.54, 1.807) is 4.68 Å². The Morgan fingerprint density at radius 3 is 2.95 bits per heavy atom. The number of aryl methyl sites for hydroxylation is 1. The Hall–Kier alpha value is -2.62. The molecule has 0 aliphatic carbocycles. The summed E-state index contributed by atoms with van der Waals surface area (Å²) in [7, 11) is 1.89. The number of fused-ring (bicyclic) bond motifs is 2. The fraction of sp³-hybridized carbons (Fsp3) is 0.176. The fourth-order valence-corrected chi connectivity index (χ4v) is 2.98. The summed E-state index contributed by atoms with van der Waals surface area (Å²) >= 11 is 0. The largest absolute Gasteiger partial charge is 0.308 e. The van der Waals surface area contributed by atoms with E-state index in [-0.39, 0.29) is 5.91 Å². The van der Waals surface area contributed by atoms with Gasteiger partial charge in [0.2, 0.25) is 0 Å². The molecule has 0 fully saturated rings. The van der Waals surface area contributed by atoms with E-state index in [9.17, 15) is 4.79 Å². The molecule has 1 aliphatic heterocycles. The number of carbonyl (C=O) groups is 1. The van der Waals surface area contributed by atoms with Crippen molar-refractivity contribution in [3.05, 3.63) is 59.8 Å². The number of aromatic nitrogens is 2. The molecule has 0 N–H and O–H groups in total. The Kier molecular flexibility index (Phi) is 2.57. The zero-order chi connectivity index (χ0) is 14.4. The predicted octanol–water partition coefficient (Wildman–Crippen LogP) is 2.78. The molecule has 4 nitrogen and oxygen atoms in total. The normalized spacial score (nSPS) is 13.7. The topological polar surface area (TPSA) is 38.1 Å². The lowest BCUT2D eigenvalue weighted by Gasteiger charge is -2.17. The summed E-state index contributed by atoms with van der Waals surface area (Å²) < 4.78 is 1.77. The summed E-state index contributed by atoms with van der Waals surface area (Å²) in [6.45, 7) is 0.748. The van der Waals surface area contributed by atoms with Gasteiger partial charge in [-0.15, -0.1) is 0 Å². The Bertz CT molecular complexity index is 850. The number of rotatable bonds is 1. The van der Waals surface area contributed by atoms with Gasteiger partial charge in [0, 0.05) is 36.4 Å². The highest BCUT2D eigenvalue weighted by Gasteiger charge is 2.25. The quantitative estimate of drug-likeness (QED) is 0.686. The summed E-state index contributed by atoms with van der Waals surface area (Å²) in [5.74, 6) is 0.0486. The van der Waals surface area contributed by atoms with Crippen molar-refractivity contribution in [3.8, 4) is 0 Å². The molecule has 0 unspecified atom stereocenters. The zero-order valence-electron chi connectivity index (χ0n) is 11.8. The van der Waals surface area contributed by atoms with E-state index in [4.69, 9.17) is 0 Å². The van der Waals surface area contributed by atoms with Crippen LogP contribution < -0.4 is 4.90 Å². The van der Waals surface area contributed by atoms with E-state index in [0.717, 1.165) is 29.6 Å². The highest BCUT2D eigenvalue weighted by molar-refractivity contribution is 6.08. The maximum Gasteiger partial charge on any atom is 0.258 e. The summed E-state index contributed by atoms with van der Waals surface area (Å²) in [6.07, 6.45) is 2.88. The van der Waals surface area contributed by atoms with E-state index in [2.05, 4.69) is 11.2 Å². The van der Waals surface area contributed by atoms with Crippen LogP contribution in [0.5, 0.6) is 0 Å². The van der Waals surface area contributed by atoms with Gasteiger partial charge in [-0.3, -0.25) is 9.48 Å². The lowest BCUT2D eigenvalue weighted by Crippen LogP contribution is -2.28. The highest BCUT2D eigenvalue weighted by Crippen LogP contribution is 2.29. The van der Waals surface area contributed by atoms with E-state index in [1.807, 2.05) is 54.5 Å². The third kappa shape index (κ3) is 1.91. The van der Waals surface area contributed by atoms with Gasteiger partial charge in [0.1, 0.15) is 0 Å². The summed E-state index contributed by atoms with van der Waals surface area (Å²) in [4.78, 5) is 14.6. The molecule has 0 radical (unpaired) electrons. The molecular weight excluding hydrogens is 262 g/mol. The first-order chi connectivity index (χ1) is 10.2. The van der Waals surface area contributed by atoms with Crippen LogP contribution in [0.4, 0.5) is 5.69 Å². The van der Waals surface area contributed by atoms with Crippen molar-refractivity contribution in [1.82, 2.24) is 9.78 Å². The van der Waals surface area contributed by atoms with Crippen LogP contribution in [0.15, 0.2) is 48.7 Å². The van der Waals surface area contributed by atoms with Gasteiger partial charge < -0.3 is 4.90 Å². The zero-order valence-corrected chi connectivity index (χ0v) is 11.8. The average Bonchev–Trinajstić information content (AvgIpc) is 3.07. The second-order valence-corrected chi connectivity index (χ2v) is 5.41. The minimum Gasteiger partial charge on any atom is -0.308 e. The highest BCUT2D eigenvalue weighted by atomic mass is 16.2. The van der Waals surface area contributed by atoms with Crippen molar-refractivity contribution in [2.75, 3.05) is 11.4 Å². The van der Waals surface area contributed by atoms with Crippen LogP contribution in [0.3, 0.4) is 0 Å². The smallest absolute Gasteiger partial charge is 0.258 e. The van der Waals surface area contributed by atoms with Crippen LogP contribution in [0.1, 0.15) is 15.9 Å². The molecule has 2 aromatic carbocycles. The molecule has 4 heteroatoms. The second kappa shape index (κ2) is 4.45. The number of hydrogen-bond donors (Lipinski definition) is 0. The monoisotopic (exact) mass is 277 g/mol. The van der Waals surface area contributed by atoms with Crippen molar-refractivity contribution in [2.45, 2.75) is 6.42 Å². The second-order valence-electron chi connectivity index (χ2n) is 5.41. The first-order valence-corrected chi connectivity index (χ1v) is 7.05. The van der Waals surface area contributed by atoms with Crippen LogP contribution in [0, 0.1) is 0 Å². The Morgan fingerprint density at radius 2 is 2.05 bits per heavy atom. The molecule has 0 saturated heterocycles. The molecule has 1 aliphatic rings. The van der Waals surface area contributed by atoms with Crippen LogP contribution in [-0.2, 0) is 13.5 Å². The van der Waals surface area contributed by atoms with E-state index in [1.165, 1.54) is 5.56 Å². The Balaban J connectivity index is 1.73. The summed E-state index contributed by atoms with van der Waals surface area (Å²) in [5, 5.41) is 5.42. The van der Waals surface area contributed by atoms with Crippen LogP contribution in [-0.4, -0.2) is 22.2 Å². The Labute approximate surface area is 122 Å². The minimum absolute atomic E-state index is 0.0486. The van der Waals surface area contributed by atoms with Gasteiger partial charge in [-0.05, 0) is 30.2 Å². The predicted molar refractivity (Wildman–Crippen MR) is 82.5 cm³/mol. The van der Waals surface area contributed by atoms with Crippen LogP contribution in [0.25, 0.3) is 10.9 Å². The maximum absolute atomic E-state index is 12.8. The third-order valence-electron chi connectivity index (χ3n) is 4.00. The molecule has 0 bridgehead atoms. The third-order valence-corrected chi connectivity index (χ3v) is 4.00. The van der Waals surface area contributed by atoms with Crippen LogP contribution in [0.2, 0.25) is 0 Å². The van der Waals surface area contributed by atoms with Gasteiger partial charge in [0.05, 0.1) is 5.52 Å². The number of hydrogen-bond acceptors (Lipinski definition) is 2. The van der Waals surface area contributed by atoms with Gasteiger partial charge in [-0.2, -0.15) is 5.10 Å². The van der Waals surface area contributed by atoms with Crippen LogP contribution >= 0.6 is 0 Å². The molecule has 1 amide bonds. The molecule has 21 heavy (non-hydrogen) atoms. The lowest BCUT2D eigenvalue weighted by molar-refractivity contribution is 0.0989. The first kappa shape index (κ1) is 12.1. The Morgan fingerprint density at radius 1 is 1.19 bits per heavy atom.